The Morgan fingerprint density at radius 1 is 0.453 bits per heavy atom. The first-order chi connectivity index (χ1) is 31.5. The zero-order chi connectivity index (χ0) is 48.3. The van der Waals surface area contributed by atoms with Gasteiger partial charge in [0, 0.05) is 66.5 Å². The molecule has 0 saturated carbocycles. The number of nitrogens with zero attached hydrogens (tertiary/aromatic N) is 1. The van der Waals surface area contributed by atoms with Crippen LogP contribution in [0, 0.1) is 0 Å². The molecule has 0 amide bonds. The van der Waals surface area contributed by atoms with E-state index < -0.39 is 0 Å². The molecule has 0 aliphatic carbocycles. The maximum Gasteiger partial charge on any atom is 0.306 e. The molecule has 11 heteroatoms. The minimum atomic E-state index is -0.325. The molecule has 0 radical (unpaired) electrons. The van der Waals surface area contributed by atoms with Crippen LogP contribution in [-0.4, -0.2) is 127 Å². The van der Waals surface area contributed by atoms with Crippen molar-refractivity contribution in [3.05, 3.63) is 0 Å². The van der Waals surface area contributed by atoms with Gasteiger partial charge < -0.3 is 48.0 Å². The molecule has 0 aliphatic heterocycles. The fraction of sp³-hybridized carbons (Fsp3) is 0.943. The summed E-state index contributed by atoms with van der Waals surface area (Å²) in [5.74, 6) is -0.148. The first kappa shape index (κ1) is 69.1. The maximum absolute atomic E-state index is 12.5. The molecule has 0 saturated heterocycles. The lowest BCUT2D eigenvalue weighted by Gasteiger charge is -2.21. The first-order valence-electron chi connectivity index (χ1n) is 26.6. The van der Waals surface area contributed by atoms with Crippen LogP contribution >= 0.6 is 0 Å². The van der Waals surface area contributed by atoms with Crippen LogP contribution in [0.5, 0.6) is 0 Å². The molecule has 0 aromatic heterocycles. The summed E-state index contributed by atoms with van der Waals surface area (Å²) in [6, 6.07) is 0. The van der Waals surface area contributed by atoms with Crippen LogP contribution in [0.2, 0.25) is 0 Å². The third kappa shape index (κ3) is 60.5. The first-order valence-corrected chi connectivity index (χ1v) is 26.6. The van der Waals surface area contributed by atoms with Crippen LogP contribution in [0.1, 0.15) is 228 Å². The standard InChI is InChI=1S/C34H65NO6.C16H34O3.C2H6.CH4O/c1-3-5-7-20-29-39-31-33(32-40-30-21-8-6-4-2)41-34(38)23-16-12-11-14-18-25-35(26-22-28-37)24-17-13-9-10-15-19-27-36;1-4-6-8-10-12-18-14-16(17-3)15-19-13-11-9-7-5-2;2*1-2/h27-28,33H,3-26,29-32H2,1-2H3;16H,4-15H2,1-3H3;1-2H3;2H,1H3. The van der Waals surface area contributed by atoms with E-state index in [0.717, 1.165) is 130 Å². The van der Waals surface area contributed by atoms with Gasteiger partial charge in [-0.2, -0.15) is 0 Å². The van der Waals surface area contributed by atoms with Gasteiger partial charge in [0.2, 0.25) is 0 Å². The van der Waals surface area contributed by atoms with E-state index in [1.807, 2.05) is 13.8 Å². The largest absolute Gasteiger partial charge is 0.457 e. The second-order valence-corrected chi connectivity index (χ2v) is 16.5. The number of aliphatic hydroxyl groups is 1. The van der Waals surface area contributed by atoms with Crippen LogP contribution in [-0.2, 0) is 42.8 Å². The second-order valence-electron chi connectivity index (χ2n) is 16.5. The van der Waals surface area contributed by atoms with Gasteiger partial charge in [-0.1, -0.05) is 157 Å². The number of esters is 1. The molecule has 0 fully saturated rings. The number of aliphatic hydroxyl groups excluding tert-OH is 1. The molecule has 0 aromatic carbocycles. The summed E-state index contributed by atoms with van der Waals surface area (Å²) in [7, 11) is 2.73. The van der Waals surface area contributed by atoms with E-state index in [-0.39, 0.29) is 18.2 Å². The molecular formula is C53H109NO10. The predicted molar refractivity (Wildman–Crippen MR) is 269 cm³/mol. The van der Waals surface area contributed by atoms with Gasteiger partial charge in [0.15, 0.2) is 0 Å². The minimum Gasteiger partial charge on any atom is -0.457 e. The van der Waals surface area contributed by atoms with Crippen molar-refractivity contribution in [3.63, 3.8) is 0 Å². The number of rotatable bonds is 49. The van der Waals surface area contributed by atoms with Crippen molar-refractivity contribution in [1.82, 2.24) is 4.90 Å². The summed E-state index contributed by atoms with van der Waals surface area (Å²) in [6.07, 6.45) is 33.7. The Morgan fingerprint density at radius 2 is 0.797 bits per heavy atom. The number of hydrogen-bond acceptors (Lipinski definition) is 11. The molecule has 11 nitrogen and oxygen atoms in total. The smallest absolute Gasteiger partial charge is 0.306 e. The number of carbonyl (C=O) groups is 3. The summed E-state index contributed by atoms with van der Waals surface area (Å²) in [5.41, 5.74) is 0. The number of carbonyl (C=O) groups excluding carboxylic acids is 3. The monoisotopic (exact) mass is 920 g/mol. The molecule has 0 aliphatic rings. The topological polar surface area (TPSA) is 130 Å². The van der Waals surface area contributed by atoms with Crippen molar-refractivity contribution >= 4 is 18.5 Å². The van der Waals surface area contributed by atoms with Gasteiger partial charge in [0.05, 0.1) is 26.4 Å². The van der Waals surface area contributed by atoms with Gasteiger partial charge in [-0.15, -0.1) is 0 Å². The van der Waals surface area contributed by atoms with Crippen molar-refractivity contribution in [2.24, 2.45) is 0 Å². The van der Waals surface area contributed by atoms with E-state index >= 15 is 0 Å². The zero-order valence-corrected chi connectivity index (χ0v) is 43.7. The number of ether oxygens (including phenoxy) is 6. The third-order valence-electron chi connectivity index (χ3n) is 10.6. The van der Waals surface area contributed by atoms with E-state index in [4.69, 9.17) is 33.5 Å². The molecule has 0 spiro atoms. The van der Waals surface area contributed by atoms with Crippen LogP contribution in [0.25, 0.3) is 0 Å². The molecule has 0 heterocycles. The average molecular weight is 920 g/mol. The van der Waals surface area contributed by atoms with Crippen molar-refractivity contribution in [2.75, 3.05) is 86.7 Å². The van der Waals surface area contributed by atoms with Gasteiger partial charge >= 0.3 is 5.97 Å². The Bertz CT molecular complexity index is 820. The molecule has 0 bridgehead atoms. The average Bonchev–Trinajstić information content (AvgIpc) is 3.32. The molecule has 0 rings (SSSR count). The summed E-state index contributed by atoms with van der Waals surface area (Å²) >= 11 is 0. The van der Waals surface area contributed by atoms with E-state index in [1.54, 1.807) is 7.11 Å². The van der Waals surface area contributed by atoms with Crippen molar-refractivity contribution in [2.45, 2.75) is 240 Å². The Balaban J connectivity index is -0.000000651. The lowest BCUT2D eigenvalue weighted by Crippen LogP contribution is -2.29. The van der Waals surface area contributed by atoms with Crippen LogP contribution < -0.4 is 0 Å². The number of aldehydes is 2. The Hall–Kier alpha value is -1.47. The summed E-state index contributed by atoms with van der Waals surface area (Å²) in [6.45, 7) is 21.0. The van der Waals surface area contributed by atoms with Gasteiger partial charge in [0.25, 0.3) is 0 Å². The van der Waals surface area contributed by atoms with Gasteiger partial charge in [-0.25, -0.2) is 0 Å². The van der Waals surface area contributed by atoms with Crippen molar-refractivity contribution in [3.8, 4) is 0 Å². The van der Waals surface area contributed by atoms with E-state index in [2.05, 4.69) is 32.6 Å². The third-order valence-corrected chi connectivity index (χ3v) is 10.6. The zero-order valence-electron chi connectivity index (χ0n) is 43.7. The molecule has 386 valence electrons. The van der Waals surface area contributed by atoms with Gasteiger partial charge in [0.1, 0.15) is 24.8 Å². The van der Waals surface area contributed by atoms with E-state index in [1.165, 1.54) is 89.9 Å². The highest BCUT2D eigenvalue weighted by Crippen LogP contribution is 2.11. The highest BCUT2D eigenvalue weighted by molar-refractivity contribution is 5.69. The minimum absolute atomic E-state index is 0.0809. The number of unbranched alkanes of at least 4 members (excludes halogenated alkanes) is 21. The highest BCUT2D eigenvalue weighted by Gasteiger charge is 2.16. The number of methoxy groups -OCH3 is 1. The lowest BCUT2D eigenvalue weighted by molar-refractivity contribution is -0.156. The van der Waals surface area contributed by atoms with Crippen molar-refractivity contribution < 1.29 is 47.9 Å². The Morgan fingerprint density at radius 3 is 1.17 bits per heavy atom. The predicted octanol–water partition coefficient (Wildman–Crippen LogP) is 12.7. The molecule has 0 aromatic rings. The quantitative estimate of drug-likeness (QED) is 0.0355. The second kappa shape index (κ2) is 65.8. The molecule has 0 unspecified atom stereocenters. The summed E-state index contributed by atoms with van der Waals surface area (Å²) < 4.78 is 34.0. The lowest BCUT2D eigenvalue weighted by atomic mass is 10.1. The summed E-state index contributed by atoms with van der Waals surface area (Å²) in [4.78, 5) is 36.2. The fourth-order valence-electron chi connectivity index (χ4n) is 6.73. The van der Waals surface area contributed by atoms with Crippen LogP contribution in [0.4, 0.5) is 0 Å². The van der Waals surface area contributed by atoms with E-state index in [0.29, 0.717) is 58.9 Å². The molecular weight excluding hydrogens is 811 g/mol. The van der Waals surface area contributed by atoms with Crippen molar-refractivity contribution in [1.29, 1.82) is 0 Å². The molecule has 1 N–H and O–H groups in total. The SMILES string of the molecule is CC.CCCCCCOCC(COCCCCCC)OC.CCCCCCOCC(COCCCCCC)OC(=O)CCCCCCCN(CCC=O)CCCCCCCC=O.CO. The molecule has 64 heavy (non-hydrogen) atoms. The van der Waals surface area contributed by atoms with Gasteiger partial charge in [-0.05, 0) is 64.5 Å². The fourth-order valence-corrected chi connectivity index (χ4v) is 6.73. The van der Waals surface area contributed by atoms with Gasteiger partial charge in [-0.3, -0.25) is 4.79 Å². The Labute approximate surface area is 396 Å². The maximum atomic E-state index is 12.5. The van der Waals surface area contributed by atoms with Crippen LogP contribution in [0.15, 0.2) is 0 Å². The highest BCUT2D eigenvalue weighted by atomic mass is 16.6. The van der Waals surface area contributed by atoms with Crippen LogP contribution in [0.3, 0.4) is 0 Å². The number of hydrogen-bond donors (Lipinski definition) is 1. The Kier molecular flexibility index (Phi) is 71.1. The molecule has 0 atom stereocenters. The van der Waals surface area contributed by atoms with E-state index in [9.17, 15) is 14.4 Å². The normalized spacial score (nSPS) is 10.9. The summed E-state index contributed by atoms with van der Waals surface area (Å²) in [5, 5.41) is 7.00.